The van der Waals surface area contributed by atoms with E-state index in [0.29, 0.717) is 5.75 Å². The third-order valence-electron chi connectivity index (χ3n) is 0.794. The van der Waals surface area contributed by atoms with Gasteiger partial charge in [-0.2, -0.15) is 17.7 Å². The zero-order valence-electron chi connectivity index (χ0n) is 6.03. The van der Waals surface area contributed by atoms with Crippen LogP contribution in [0.3, 0.4) is 0 Å². The first kappa shape index (κ1) is 10.2. The monoisotopic (exact) mass is 179 g/mol. The first-order chi connectivity index (χ1) is 5.22. The highest BCUT2D eigenvalue weighted by Crippen LogP contribution is 1.91. The molecule has 0 spiro atoms. The van der Waals surface area contributed by atoms with Gasteiger partial charge < -0.3 is 9.57 Å². The summed E-state index contributed by atoms with van der Waals surface area (Å²) < 4.78 is 4.42. The highest BCUT2D eigenvalue weighted by molar-refractivity contribution is 7.98. The second-order valence-electron chi connectivity index (χ2n) is 1.53. The van der Waals surface area contributed by atoms with Gasteiger partial charge in [-0.25, -0.2) is 9.59 Å². The van der Waals surface area contributed by atoms with Gasteiger partial charge in [-0.05, 0) is 6.26 Å². The SMILES string of the molecule is CSCCOC(=O)C(=O)ON. The smallest absolute Gasteiger partial charge is 0.435 e. The summed E-state index contributed by atoms with van der Waals surface area (Å²) in [6.07, 6.45) is 1.86. The predicted molar refractivity (Wildman–Crippen MR) is 39.6 cm³/mol. The molecular formula is C5H9NO4S. The number of rotatable bonds is 3. The Balaban J connectivity index is 3.44. The highest BCUT2D eigenvalue weighted by Gasteiger charge is 2.15. The van der Waals surface area contributed by atoms with Gasteiger partial charge in [-0.15, -0.1) is 0 Å². The van der Waals surface area contributed by atoms with Crippen LogP contribution in [-0.4, -0.2) is 30.6 Å². The highest BCUT2D eigenvalue weighted by atomic mass is 32.2. The molecule has 2 N–H and O–H groups in total. The second-order valence-corrected chi connectivity index (χ2v) is 2.52. The fourth-order valence-electron chi connectivity index (χ4n) is 0.325. The van der Waals surface area contributed by atoms with Crippen molar-refractivity contribution in [1.29, 1.82) is 0 Å². The summed E-state index contributed by atoms with van der Waals surface area (Å²) in [4.78, 5) is 24.4. The van der Waals surface area contributed by atoms with Gasteiger partial charge in [0.05, 0.1) is 0 Å². The van der Waals surface area contributed by atoms with Crippen LogP contribution in [0.15, 0.2) is 0 Å². The number of carbonyl (C=O) groups excluding carboxylic acids is 2. The summed E-state index contributed by atoms with van der Waals surface area (Å²) in [6.45, 7) is 0.190. The molecule has 0 unspecified atom stereocenters. The lowest BCUT2D eigenvalue weighted by molar-refractivity contribution is -0.167. The zero-order valence-corrected chi connectivity index (χ0v) is 6.85. The van der Waals surface area contributed by atoms with Crippen LogP contribution < -0.4 is 5.90 Å². The fraction of sp³-hybridized carbons (Fsp3) is 0.600. The van der Waals surface area contributed by atoms with Crippen molar-refractivity contribution in [2.45, 2.75) is 0 Å². The van der Waals surface area contributed by atoms with Crippen molar-refractivity contribution in [2.24, 2.45) is 5.90 Å². The lowest BCUT2D eigenvalue weighted by Gasteiger charge is -1.99. The maximum atomic E-state index is 10.5. The molecule has 5 nitrogen and oxygen atoms in total. The van der Waals surface area contributed by atoms with Gasteiger partial charge in [-0.1, -0.05) is 0 Å². The van der Waals surface area contributed by atoms with Gasteiger partial charge in [0.25, 0.3) is 0 Å². The van der Waals surface area contributed by atoms with E-state index >= 15 is 0 Å². The number of thioether (sulfide) groups is 1. The van der Waals surface area contributed by atoms with Crippen LogP contribution in [0.25, 0.3) is 0 Å². The predicted octanol–water partition coefficient (Wildman–Crippen LogP) is -0.691. The fourth-order valence-corrected chi connectivity index (χ4v) is 0.575. The molecule has 0 saturated carbocycles. The van der Waals surface area contributed by atoms with E-state index in [1.165, 1.54) is 11.8 Å². The number of hydrogen-bond acceptors (Lipinski definition) is 6. The lowest BCUT2D eigenvalue weighted by Crippen LogP contribution is -2.23. The molecule has 0 aromatic rings. The lowest BCUT2D eigenvalue weighted by atomic mass is 10.7. The summed E-state index contributed by atoms with van der Waals surface area (Å²) in [5.41, 5.74) is 0. The number of carbonyl (C=O) groups is 2. The Morgan fingerprint density at radius 3 is 2.55 bits per heavy atom. The van der Waals surface area contributed by atoms with E-state index in [9.17, 15) is 9.59 Å². The van der Waals surface area contributed by atoms with Crippen LogP contribution in [-0.2, 0) is 19.2 Å². The maximum absolute atomic E-state index is 10.5. The van der Waals surface area contributed by atoms with Gasteiger partial charge in [0, 0.05) is 5.75 Å². The van der Waals surface area contributed by atoms with E-state index in [-0.39, 0.29) is 6.61 Å². The van der Waals surface area contributed by atoms with Crippen molar-refractivity contribution >= 4 is 23.7 Å². The van der Waals surface area contributed by atoms with Crippen LogP contribution in [0.4, 0.5) is 0 Å². The van der Waals surface area contributed by atoms with E-state index in [0.717, 1.165) is 0 Å². The third kappa shape index (κ3) is 4.63. The quantitative estimate of drug-likeness (QED) is 0.267. The summed E-state index contributed by atoms with van der Waals surface area (Å²) in [7, 11) is 0. The van der Waals surface area contributed by atoms with Crippen LogP contribution in [0.5, 0.6) is 0 Å². The second kappa shape index (κ2) is 5.99. The van der Waals surface area contributed by atoms with E-state index in [4.69, 9.17) is 0 Å². The van der Waals surface area contributed by atoms with Crippen LogP contribution in [0, 0.1) is 0 Å². The van der Waals surface area contributed by atoms with Crippen LogP contribution >= 0.6 is 11.8 Å². The molecule has 0 aromatic heterocycles. The molecule has 0 heterocycles. The molecule has 6 heteroatoms. The Labute approximate surface area is 68.2 Å². The number of esters is 1. The molecule has 0 amide bonds. The van der Waals surface area contributed by atoms with Crippen molar-refractivity contribution < 1.29 is 19.2 Å². The van der Waals surface area contributed by atoms with Crippen LogP contribution in [0.2, 0.25) is 0 Å². The number of ether oxygens (including phenoxy) is 1. The first-order valence-electron chi connectivity index (χ1n) is 2.79. The van der Waals surface area contributed by atoms with E-state index in [2.05, 4.69) is 15.5 Å². The molecule has 0 aliphatic rings. The summed E-state index contributed by atoms with van der Waals surface area (Å²) in [5, 5.41) is 0. The molecule has 0 fully saturated rings. The minimum absolute atomic E-state index is 0.190. The molecule has 0 atom stereocenters. The summed E-state index contributed by atoms with van der Waals surface area (Å²) >= 11 is 1.50. The van der Waals surface area contributed by atoms with Crippen molar-refractivity contribution in [2.75, 3.05) is 18.6 Å². The van der Waals surface area contributed by atoms with Gasteiger partial charge in [-0.3, -0.25) is 0 Å². The largest absolute Gasteiger partial charge is 0.456 e. The first-order valence-corrected chi connectivity index (χ1v) is 4.18. The molecule has 64 valence electrons. The van der Waals surface area contributed by atoms with Crippen molar-refractivity contribution in [3.05, 3.63) is 0 Å². The Morgan fingerprint density at radius 1 is 1.45 bits per heavy atom. The zero-order chi connectivity index (χ0) is 8.69. The van der Waals surface area contributed by atoms with E-state index in [1.807, 2.05) is 6.26 Å². The number of hydrogen-bond donors (Lipinski definition) is 1. The van der Waals surface area contributed by atoms with Crippen molar-refractivity contribution in [3.8, 4) is 0 Å². The molecule has 0 saturated heterocycles. The number of nitrogens with two attached hydrogens (primary N) is 1. The Morgan fingerprint density at radius 2 is 2.09 bits per heavy atom. The van der Waals surface area contributed by atoms with Gasteiger partial charge in [0.2, 0.25) is 0 Å². The average Bonchev–Trinajstić information content (AvgIpc) is 2.03. The van der Waals surface area contributed by atoms with Gasteiger partial charge in [0.15, 0.2) is 0 Å². The standard InChI is InChI=1S/C5H9NO4S/c1-11-3-2-9-4(7)5(8)10-6/h2-3,6H2,1H3. The molecule has 11 heavy (non-hydrogen) atoms. The van der Waals surface area contributed by atoms with Crippen molar-refractivity contribution in [3.63, 3.8) is 0 Å². The molecule has 0 radical (unpaired) electrons. The summed E-state index contributed by atoms with van der Waals surface area (Å²) in [5.74, 6) is 2.84. The van der Waals surface area contributed by atoms with E-state index in [1.54, 1.807) is 0 Å². The van der Waals surface area contributed by atoms with Gasteiger partial charge in [0.1, 0.15) is 6.61 Å². The summed E-state index contributed by atoms with van der Waals surface area (Å²) in [6, 6.07) is 0. The minimum atomic E-state index is -1.17. The molecular weight excluding hydrogens is 170 g/mol. The molecule has 0 aromatic carbocycles. The van der Waals surface area contributed by atoms with Gasteiger partial charge >= 0.3 is 11.9 Å². The van der Waals surface area contributed by atoms with E-state index < -0.39 is 11.9 Å². The third-order valence-corrected chi connectivity index (χ3v) is 1.37. The Hall–Kier alpha value is -0.750. The topological polar surface area (TPSA) is 78.6 Å². The molecule has 0 rings (SSSR count). The molecule has 0 bridgehead atoms. The minimum Gasteiger partial charge on any atom is -0.456 e. The van der Waals surface area contributed by atoms with Crippen LogP contribution in [0.1, 0.15) is 0 Å². The Kier molecular flexibility index (Phi) is 5.58. The normalized spacial score (nSPS) is 8.91. The molecule has 0 aliphatic heterocycles. The maximum Gasteiger partial charge on any atom is 0.435 e. The van der Waals surface area contributed by atoms with Crippen molar-refractivity contribution in [1.82, 2.24) is 0 Å². The Bertz CT molecular complexity index is 149. The average molecular weight is 179 g/mol. The molecule has 0 aliphatic carbocycles.